The van der Waals surface area contributed by atoms with E-state index in [0.29, 0.717) is 22.1 Å². The van der Waals surface area contributed by atoms with Crippen LogP contribution < -0.4 is 5.32 Å². The second-order valence-corrected chi connectivity index (χ2v) is 8.45. The lowest BCUT2D eigenvalue weighted by molar-refractivity contribution is -0.386. The molecular weight excluding hydrogens is 424 g/mol. The number of aryl methyl sites for hydroxylation is 1. The average molecular weight is 445 g/mol. The Labute approximate surface area is 183 Å². The molecule has 156 valence electrons. The quantitative estimate of drug-likeness (QED) is 0.384. The Morgan fingerprint density at radius 3 is 2.53 bits per heavy atom. The number of benzene rings is 2. The Morgan fingerprint density at radius 1 is 1.23 bits per heavy atom. The molecule has 1 atom stereocenters. The molecule has 3 rings (SSSR count). The lowest BCUT2D eigenvalue weighted by Crippen LogP contribution is -2.25. The van der Waals surface area contributed by atoms with Crippen LogP contribution in [0.4, 0.5) is 11.4 Å². The molecule has 0 saturated carbocycles. The second-order valence-electron chi connectivity index (χ2n) is 6.90. The average Bonchev–Trinajstić information content (AvgIpc) is 2.98. The molecule has 2 aromatic carbocycles. The van der Waals surface area contributed by atoms with Gasteiger partial charge in [-0.3, -0.25) is 19.6 Å². The summed E-state index contributed by atoms with van der Waals surface area (Å²) in [5.74, 6) is -0.620. The molecule has 7 nitrogen and oxygen atoms in total. The first-order chi connectivity index (χ1) is 14.3. The van der Waals surface area contributed by atoms with Gasteiger partial charge in [-0.15, -0.1) is 0 Å². The van der Waals surface area contributed by atoms with Crippen molar-refractivity contribution in [1.82, 2.24) is 9.78 Å². The fourth-order valence-corrected chi connectivity index (χ4v) is 4.04. The van der Waals surface area contributed by atoms with Crippen LogP contribution in [0.25, 0.3) is 0 Å². The first-order valence-corrected chi connectivity index (χ1v) is 10.5. The highest BCUT2D eigenvalue weighted by Crippen LogP contribution is 2.34. The van der Waals surface area contributed by atoms with Gasteiger partial charge in [0.1, 0.15) is 11.4 Å². The van der Waals surface area contributed by atoms with Crippen LogP contribution in [0.3, 0.4) is 0 Å². The van der Waals surface area contributed by atoms with E-state index in [0.717, 1.165) is 9.79 Å². The summed E-state index contributed by atoms with van der Waals surface area (Å²) in [6.07, 6.45) is 0. The van der Waals surface area contributed by atoms with E-state index in [9.17, 15) is 14.9 Å². The number of nitro groups is 1. The molecule has 30 heavy (non-hydrogen) atoms. The summed E-state index contributed by atoms with van der Waals surface area (Å²) in [5, 5.41) is 19.0. The van der Waals surface area contributed by atoms with Gasteiger partial charge in [-0.25, -0.2) is 0 Å². The molecule has 1 amide bonds. The number of amides is 1. The van der Waals surface area contributed by atoms with E-state index in [1.54, 1.807) is 20.8 Å². The Morgan fingerprint density at radius 2 is 1.90 bits per heavy atom. The van der Waals surface area contributed by atoms with E-state index in [4.69, 9.17) is 11.6 Å². The van der Waals surface area contributed by atoms with Crippen molar-refractivity contribution in [3.63, 3.8) is 0 Å². The third kappa shape index (κ3) is 5.01. The van der Waals surface area contributed by atoms with E-state index in [1.807, 2.05) is 48.5 Å². The van der Waals surface area contributed by atoms with Gasteiger partial charge in [0, 0.05) is 14.8 Å². The Kier molecular flexibility index (Phi) is 6.79. The molecule has 9 heteroatoms. The number of nitrogens with one attached hydrogen (secondary N) is 1. The highest BCUT2D eigenvalue weighted by atomic mass is 35.5. The van der Waals surface area contributed by atoms with Crippen LogP contribution in [-0.2, 0) is 11.3 Å². The maximum atomic E-state index is 12.8. The molecule has 1 aromatic heterocycles. The van der Waals surface area contributed by atoms with Gasteiger partial charge in [0.25, 0.3) is 0 Å². The number of halogens is 1. The third-order valence-electron chi connectivity index (χ3n) is 4.61. The first-order valence-electron chi connectivity index (χ1n) is 9.28. The van der Waals surface area contributed by atoms with Crippen LogP contribution in [0.5, 0.6) is 0 Å². The fraction of sp³-hybridized carbons (Fsp3) is 0.238. The first kappa shape index (κ1) is 21.9. The van der Waals surface area contributed by atoms with E-state index >= 15 is 0 Å². The van der Waals surface area contributed by atoms with Crippen molar-refractivity contribution in [2.24, 2.45) is 5.92 Å². The molecule has 0 aliphatic carbocycles. The Balaban J connectivity index is 1.72. The predicted octanol–water partition coefficient (Wildman–Crippen LogP) is 5.49. The number of anilines is 1. The summed E-state index contributed by atoms with van der Waals surface area (Å²) in [6, 6.07) is 15.0. The molecule has 3 aromatic rings. The van der Waals surface area contributed by atoms with Crippen molar-refractivity contribution in [3.8, 4) is 0 Å². The molecule has 0 fully saturated rings. The van der Waals surface area contributed by atoms with Crippen LogP contribution in [-0.4, -0.2) is 20.6 Å². The third-order valence-corrected chi connectivity index (χ3v) is 5.94. The topological polar surface area (TPSA) is 90.1 Å². The Hall–Kier alpha value is -2.84. The van der Waals surface area contributed by atoms with Crippen molar-refractivity contribution < 1.29 is 9.72 Å². The van der Waals surface area contributed by atoms with Gasteiger partial charge < -0.3 is 5.32 Å². The van der Waals surface area contributed by atoms with E-state index in [1.165, 1.54) is 16.4 Å². The predicted molar refractivity (Wildman–Crippen MR) is 118 cm³/mol. The summed E-state index contributed by atoms with van der Waals surface area (Å²) in [5.41, 5.74) is 1.48. The van der Waals surface area contributed by atoms with E-state index in [-0.39, 0.29) is 18.1 Å². The second kappa shape index (κ2) is 9.32. The van der Waals surface area contributed by atoms with Crippen molar-refractivity contribution in [3.05, 3.63) is 75.1 Å². The van der Waals surface area contributed by atoms with E-state index in [2.05, 4.69) is 10.4 Å². The molecule has 1 unspecified atom stereocenters. The molecule has 0 bridgehead atoms. The van der Waals surface area contributed by atoms with Crippen LogP contribution in [0.1, 0.15) is 18.3 Å². The molecule has 1 heterocycles. The number of aromatic nitrogens is 2. The van der Waals surface area contributed by atoms with E-state index < -0.39 is 10.8 Å². The minimum atomic E-state index is -0.441. The van der Waals surface area contributed by atoms with Gasteiger partial charge in [0.15, 0.2) is 0 Å². The molecule has 0 aliphatic rings. The normalized spacial score (nSPS) is 11.9. The maximum absolute atomic E-state index is 12.8. The van der Waals surface area contributed by atoms with Gasteiger partial charge in [-0.1, -0.05) is 42.4 Å². The summed E-state index contributed by atoms with van der Waals surface area (Å²) in [6.45, 7) is 5.25. The van der Waals surface area contributed by atoms with Crippen molar-refractivity contribution >= 4 is 40.6 Å². The molecule has 0 aliphatic heterocycles. The highest BCUT2D eigenvalue weighted by Gasteiger charge is 2.24. The van der Waals surface area contributed by atoms with Crippen molar-refractivity contribution in [2.75, 3.05) is 5.32 Å². The molecule has 0 spiro atoms. The number of para-hydroxylation sites is 1. The number of hydrogen-bond acceptors (Lipinski definition) is 5. The van der Waals surface area contributed by atoms with Crippen LogP contribution in [0.15, 0.2) is 58.3 Å². The lowest BCUT2D eigenvalue weighted by Gasteiger charge is -2.15. The monoisotopic (exact) mass is 444 g/mol. The van der Waals surface area contributed by atoms with Gasteiger partial charge in [0.2, 0.25) is 5.91 Å². The molecule has 0 radical (unpaired) electrons. The standard InChI is InChI=1S/C21H21ClN4O3S/c1-13(12-25-15(3)20(26(28)29)14(2)24-25)21(27)23-18-6-4-5-7-19(18)30-17-10-8-16(22)9-11-17/h4-11,13H,12H2,1-3H3,(H,23,27). The zero-order chi connectivity index (χ0) is 21.8. The molecule has 0 saturated heterocycles. The van der Waals surface area contributed by atoms with Crippen LogP contribution in [0, 0.1) is 29.9 Å². The minimum absolute atomic E-state index is 0.00711. The largest absolute Gasteiger partial charge is 0.325 e. The number of nitrogens with zero attached hydrogens (tertiary/aromatic N) is 3. The summed E-state index contributed by atoms with van der Waals surface area (Å²) >= 11 is 7.47. The number of rotatable bonds is 7. The van der Waals surface area contributed by atoms with Crippen LogP contribution in [0.2, 0.25) is 5.02 Å². The van der Waals surface area contributed by atoms with Gasteiger partial charge >= 0.3 is 5.69 Å². The lowest BCUT2D eigenvalue weighted by atomic mass is 10.1. The number of carbonyl (C=O) groups is 1. The van der Waals surface area contributed by atoms with Gasteiger partial charge in [0.05, 0.1) is 23.1 Å². The fourth-order valence-electron chi connectivity index (χ4n) is 3.02. The van der Waals surface area contributed by atoms with Crippen molar-refractivity contribution in [1.29, 1.82) is 0 Å². The zero-order valence-corrected chi connectivity index (χ0v) is 18.3. The zero-order valence-electron chi connectivity index (χ0n) is 16.8. The maximum Gasteiger partial charge on any atom is 0.312 e. The summed E-state index contributed by atoms with van der Waals surface area (Å²) in [4.78, 5) is 25.4. The van der Waals surface area contributed by atoms with Crippen LogP contribution >= 0.6 is 23.4 Å². The molecule has 1 N–H and O–H groups in total. The van der Waals surface area contributed by atoms with Gasteiger partial charge in [-0.05, 0) is 50.2 Å². The van der Waals surface area contributed by atoms with Gasteiger partial charge in [-0.2, -0.15) is 5.10 Å². The smallest absolute Gasteiger partial charge is 0.312 e. The summed E-state index contributed by atoms with van der Waals surface area (Å²) < 4.78 is 1.52. The number of carbonyl (C=O) groups excluding carboxylic acids is 1. The highest BCUT2D eigenvalue weighted by molar-refractivity contribution is 7.99. The molecular formula is C21H21ClN4O3S. The van der Waals surface area contributed by atoms with Crippen molar-refractivity contribution in [2.45, 2.75) is 37.1 Å². The summed E-state index contributed by atoms with van der Waals surface area (Å²) in [7, 11) is 0. The number of hydrogen-bond donors (Lipinski definition) is 1. The Bertz CT molecular complexity index is 1080. The SMILES string of the molecule is Cc1nn(CC(C)C(=O)Nc2ccccc2Sc2ccc(Cl)cc2)c(C)c1[N+](=O)[O-]. The minimum Gasteiger partial charge on any atom is -0.325 e.